The summed E-state index contributed by atoms with van der Waals surface area (Å²) in [6, 6.07) is 0. The van der Waals surface area contributed by atoms with Gasteiger partial charge in [-0.3, -0.25) is 0 Å². The van der Waals surface area contributed by atoms with E-state index < -0.39 is 0 Å². The van der Waals surface area contributed by atoms with Crippen LogP contribution in [0.15, 0.2) is 0 Å². The van der Waals surface area contributed by atoms with Gasteiger partial charge < -0.3 is 4.74 Å². The zero-order valence-corrected chi connectivity index (χ0v) is 10.4. The van der Waals surface area contributed by atoms with E-state index in [0.29, 0.717) is 0 Å². The van der Waals surface area contributed by atoms with Gasteiger partial charge in [0.1, 0.15) is 5.01 Å². The Kier molecular flexibility index (Phi) is 5.85. The highest BCUT2D eigenvalue weighted by molar-refractivity contribution is 9.09. The lowest BCUT2D eigenvalue weighted by atomic mass is 9.90. The highest BCUT2D eigenvalue weighted by atomic mass is 79.9. The van der Waals surface area contributed by atoms with E-state index in [9.17, 15) is 0 Å². The summed E-state index contributed by atoms with van der Waals surface area (Å²) in [5.41, 5.74) is 0. The SMILES string of the molecule is BrCCOC(Br)C1CCCCC1. The molecule has 1 rings (SSSR count). The van der Waals surface area contributed by atoms with Crippen molar-refractivity contribution in [2.45, 2.75) is 37.1 Å². The van der Waals surface area contributed by atoms with Gasteiger partial charge in [0.15, 0.2) is 0 Å². The molecule has 1 atom stereocenters. The van der Waals surface area contributed by atoms with E-state index in [4.69, 9.17) is 4.74 Å². The van der Waals surface area contributed by atoms with E-state index in [1.807, 2.05) is 0 Å². The molecule has 1 saturated carbocycles. The Labute approximate surface area is 91.5 Å². The molecule has 72 valence electrons. The second-order valence-corrected chi connectivity index (χ2v) is 5.00. The molecule has 0 aromatic rings. The van der Waals surface area contributed by atoms with Crippen LogP contribution in [0, 0.1) is 5.92 Å². The van der Waals surface area contributed by atoms with Gasteiger partial charge in [0.05, 0.1) is 6.61 Å². The fourth-order valence-electron chi connectivity index (χ4n) is 1.69. The predicted octanol–water partition coefficient (Wildman–Crippen LogP) is 3.70. The maximum atomic E-state index is 5.60. The minimum Gasteiger partial charge on any atom is -0.366 e. The van der Waals surface area contributed by atoms with Crippen molar-refractivity contribution in [1.29, 1.82) is 0 Å². The van der Waals surface area contributed by atoms with Crippen LogP contribution in [0.2, 0.25) is 0 Å². The number of hydrogen-bond donors (Lipinski definition) is 0. The van der Waals surface area contributed by atoms with Crippen molar-refractivity contribution < 1.29 is 4.74 Å². The predicted molar refractivity (Wildman–Crippen MR) is 59.0 cm³/mol. The zero-order valence-electron chi connectivity index (χ0n) is 7.27. The molecule has 1 unspecified atom stereocenters. The quantitative estimate of drug-likeness (QED) is 0.719. The summed E-state index contributed by atoms with van der Waals surface area (Å²) >= 11 is 6.95. The van der Waals surface area contributed by atoms with Gasteiger partial charge in [0.2, 0.25) is 0 Å². The molecule has 1 aliphatic rings. The standard InChI is InChI=1S/C9H16Br2O/c10-6-7-12-9(11)8-4-2-1-3-5-8/h8-9H,1-7H2. The van der Waals surface area contributed by atoms with Crippen LogP contribution in [0.5, 0.6) is 0 Å². The molecule has 0 aliphatic heterocycles. The van der Waals surface area contributed by atoms with Crippen molar-refractivity contribution in [2.75, 3.05) is 11.9 Å². The summed E-state index contributed by atoms with van der Waals surface area (Å²) < 4.78 is 5.60. The van der Waals surface area contributed by atoms with Crippen LogP contribution < -0.4 is 0 Å². The lowest BCUT2D eigenvalue weighted by Crippen LogP contribution is -2.21. The first-order valence-electron chi connectivity index (χ1n) is 4.66. The Morgan fingerprint density at radius 3 is 2.50 bits per heavy atom. The smallest absolute Gasteiger partial charge is 0.115 e. The van der Waals surface area contributed by atoms with Crippen LogP contribution in [0.4, 0.5) is 0 Å². The van der Waals surface area contributed by atoms with Crippen LogP contribution in [0.3, 0.4) is 0 Å². The maximum Gasteiger partial charge on any atom is 0.115 e. The van der Waals surface area contributed by atoms with Gasteiger partial charge in [-0.25, -0.2) is 0 Å². The van der Waals surface area contributed by atoms with E-state index in [-0.39, 0.29) is 5.01 Å². The maximum absolute atomic E-state index is 5.60. The minimum absolute atomic E-state index is 0.287. The first-order valence-corrected chi connectivity index (χ1v) is 6.70. The van der Waals surface area contributed by atoms with Crippen LogP contribution in [-0.4, -0.2) is 17.0 Å². The third kappa shape index (κ3) is 3.75. The Balaban J connectivity index is 2.15. The van der Waals surface area contributed by atoms with E-state index >= 15 is 0 Å². The molecule has 0 amide bonds. The molecule has 0 saturated heterocycles. The summed E-state index contributed by atoms with van der Waals surface area (Å²) in [5.74, 6) is 0.748. The molecule has 0 N–H and O–H groups in total. The van der Waals surface area contributed by atoms with Gasteiger partial charge in [-0.2, -0.15) is 0 Å². The fourth-order valence-corrected chi connectivity index (χ4v) is 2.59. The largest absolute Gasteiger partial charge is 0.366 e. The summed E-state index contributed by atoms with van der Waals surface area (Å²) in [4.78, 5) is 0. The summed E-state index contributed by atoms with van der Waals surface area (Å²) in [6.07, 6.45) is 6.83. The van der Waals surface area contributed by atoms with Crippen molar-refractivity contribution >= 4 is 31.9 Å². The summed E-state index contributed by atoms with van der Waals surface area (Å²) in [5, 5.41) is 1.22. The van der Waals surface area contributed by atoms with Crippen molar-refractivity contribution in [3.63, 3.8) is 0 Å². The summed E-state index contributed by atoms with van der Waals surface area (Å²) in [6.45, 7) is 0.812. The Hall–Kier alpha value is 0.920. The lowest BCUT2D eigenvalue weighted by molar-refractivity contribution is 0.0754. The van der Waals surface area contributed by atoms with E-state index in [1.54, 1.807) is 0 Å². The highest BCUT2D eigenvalue weighted by Gasteiger charge is 2.21. The molecule has 0 spiro atoms. The Bertz CT molecular complexity index is 113. The van der Waals surface area contributed by atoms with E-state index in [1.165, 1.54) is 32.1 Å². The third-order valence-corrected chi connectivity index (χ3v) is 3.71. The van der Waals surface area contributed by atoms with E-state index in [0.717, 1.165) is 17.9 Å². The average molecular weight is 300 g/mol. The first-order chi connectivity index (χ1) is 5.84. The molecule has 1 aliphatic carbocycles. The van der Waals surface area contributed by atoms with Crippen molar-refractivity contribution in [3.8, 4) is 0 Å². The van der Waals surface area contributed by atoms with Gasteiger partial charge in [0, 0.05) is 5.33 Å². The number of halogens is 2. The van der Waals surface area contributed by atoms with Crippen LogP contribution in [-0.2, 0) is 4.74 Å². The van der Waals surface area contributed by atoms with Gasteiger partial charge in [-0.15, -0.1) is 0 Å². The number of ether oxygens (including phenoxy) is 1. The van der Waals surface area contributed by atoms with Crippen molar-refractivity contribution in [2.24, 2.45) is 5.92 Å². The average Bonchev–Trinajstić information content (AvgIpc) is 2.15. The first kappa shape index (κ1) is 11.0. The second-order valence-electron chi connectivity index (χ2n) is 3.31. The molecule has 1 fully saturated rings. The Morgan fingerprint density at radius 1 is 1.25 bits per heavy atom. The van der Waals surface area contributed by atoms with E-state index in [2.05, 4.69) is 31.9 Å². The zero-order chi connectivity index (χ0) is 8.81. The number of rotatable bonds is 4. The molecule has 12 heavy (non-hydrogen) atoms. The molecule has 0 aromatic carbocycles. The molecule has 0 bridgehead atoms. The minimum atomic E-state index is 0.287. The number of hydrogen-bond acceptors (Lipinski definition) is 1. The fraction of sp³-hybridized carbons (Fsp3) is 1.00. The monoisotopic (exact) mass is 298 g/mol. The normalized spacial score (nSPS) is 22.5. The van der Waals surface area contributed by atoms with Crippen LogP contribution >= 0.6 is 31.9 Å². The summed E-state index contributed by atoms with van der Waals surface area (Å²) in [7, 11) is 0. The Morgan fingerprint density at radius 2 is 1.92 bits per heavy atom. The lowest BCUT2D eigenvalue weighted by Gasteiger charge is -2.26. The highest BCUT2D eigenvalue weighted by Crippen LogP contribution is 2.30. The molecule has 0 radical (unpaired) electrons. The van der Waals surface area contributed by atoms with Crippen LogP contribution in [0.1, 0.15) is 32.1 Å². The molecular formula is C9H16Br2O. The molecule has 3 heteroatoms. The number of alkyl halides is 2. The second kappa shape index (κ2) is 6.39. The van der Waals surface area contributed by atoms with Crippen molar-refractivity contribution in [1.82, 2.24) is 0 Å². The van der Waals surface area contributed by atoms with Crippen LogP contribution in [0.25, 0.3) is 0 Å². The molecule has 1 nitrogen and oxygen atoms in total. The topological polar surface area (TPSA) is 9.23 Å². The van der Waals surface area contributed by atoms with Gasteiger partial charge in [0.25, 0.3) is 0 Å². The van der Waals surface area contributed by atoms with Gasteiger partial charge in [-0.05, 0) is 18.8 Å². The van der Waals surface area contributed by atoms with Gasteiger partial charge in [-0.1, -0.05) is 51.1 Å². The molecular weight excluding hydrogens is 284 g/mol. The third-order valence-electron chi connectivity index (χ3n) is 2.37. The van der Waals surface area contributed by atoms with Crippen molar-refractivity contribution in [3.05, 3.63) is 0 Å². The molecule has 0 heterocycles. The molecule has 0 aromatic heterocycles. The van der Waals surface area contributed by atoms with Gasteiger partial charge >= 0.3 is 0 Å².